The average molecular weight is 569 g/mol. The molecule has 2 bridgehead atoms. The van der Waals surface area contributed by atoms with E-state index in [0.29, 0.717) is 17.9 Å². The van der Waals surface area contributed by atoms with Gasteiger partial charge >= 0.3 is 5.97 Å². The molecule has 4 rings (SSSR count). The predicted octanol–water partition coefficient (Wildman–Crippen LogP) is 6.02. The molecular weight excluding hydrogens is 538 g/mol. The minimum atomic E-state index is -0.238. The standard InChI is InChI=1S/C25H31Br2NO4/c1-2-3-4-5-6-7-8-9-19(29)32-16-12-10-15(11-13-16)28-24(30)20-17-14-18(21(20)25(28)31)23(27)22(17)26/h10-13,17-18,20-23H,2-9,14H2,1H3/t17-,18-,20-,21+,22-,23+/m0/s1. The van der Waals surface area contributed by atoms with Crippen molar-refractivity contribution < 1.29 is 19.1 Å². The van der Waals surface area contributed by atoms with E-state index in [1.807, 2.05) is 0 Å². The van der Waals surface area contributed by atoms with Gasteiger partial charge in [-0.15, -0.1) is 0 Å². The number of carbonyl (C=O) groups is 3. The van der Waals surface area contributed by atoms with Crippen LogP contribution in [-0.2, 0) is 14.4 Å². The molecule has 3 aliphatic rings. The highest BCUT2D eigenvalue weighted by atomic mass is 79.9. The number of ether oxygens (including phenoxy) is 1. The van der Waals surface area contributed by atoms with Crippen LogP contribution in [0.5, 0.6) is 5.75 Å². The van der Waals surface area contributed by atoms with Gasteiger partial charge in [0.25, 0.3) is 0 Å². The fraction of sp³-hybridized carbons (Fsp3) is 0.640. The zero-order valence-corrected chi connectivity index (χ0v) is 21.6. The fourth-order valence-electron chi connectivity index (χ4n) is 5.68. The van der Waals surface area contributed by atoms with Gasteiger partial charge in [0.1, 0.15) is 5.75 Å². The number of hydrogen-bond acceptors (Lipinski definition) is 4. The van der Waals surface area contributed by atoms with E-state index in [9.17, 15) is 14.4 Å². The third-order valence-corrected chi connectivity index (χ3v) is 10.5. The van der Waals surface area contributed by atoms with Gasteiger partial charge in [-0.25, -0.2) is 0 Å². The van der Waals surface area contributed by atoms with Crippen molar-refractivity contribution in [3.05, 3.63) is 24.3 Å². The van der Waals surface area contributed by atoms with Crippen molar-refractivity contribution in [3.8, 4) is 5.75 Å². The first-order chi connectivity index (χ1) is 15.4. The fourth-order valence-corrected chi connectivity index (χ4v) is 7.55. The highest BCUT2D eigenvalue weighted by molar-refractivity contribution is 9.12. The van der Waals surface area contributed by atoms with Crippen LogP contribution >= 0.6 is 31.9 Å². The molecule has 32 heavy (non-hydrogen) atoms. The Morgan fingerprint density at radius 1 is 0.906 bits per heavy atom. The maximum absolute atomic E-state index is 13.1. The van der Waals surface area contributed by atoms with E-state index in [-0.39, 0.29) is 51.1 Å². The van der Waals surface area contributed by atoms with E-state index in [4.69, 9.17) is 4.74 Å². The van der Waals surface area contributed by atoms with Crippen molar-refractivity contribution in [2.24, 2.45) is 23.7 Å². The maximum Gasteiger partial charge on any atom is 0.311 e. The molecule has 0 spiro atoms. The summed E-state index contributed by atoms with van der Waals surface area (Å²) in [6, 6.07) is 6.74. The number of alkyl halides is 2. The molecule has 3 fully saturated rings. The molecule has 1 aromatic carbocycles. The number of nitrogens with zero attached hydrogens (tertiary/aromatic N) is 1. The van der Waals surface area contributed by atoms with Gasteiger partial charge in [-0.1, -0.05) is 77.3 Å². The molecule has 0 aromatic heterocycles. The van der Waals surface area contributed by atoms with Crippen LogP contribution in [-0.4, -0.2) is 27.4 Å². The lowest BCUT2D eigenvalue weighted by Crippen LogP contribution is -2.37. The number of fused-ring (bicyclic) bond motifs is 5. The van der Waals surface area contributed by atoms with E-state index >= 15 is 0 Å². The Morgan fingerprint density at radius 2 is 1.44 bits per heavy atom. The topological polar surface area (TPSA) is 63.7 Å². The summed E-state index contributed by atoms with van der Waals surface area (Å²) in [5.74, 6) is -0.0553. The normalized spacial score (nSPS) is 30.8. The van der Waals surface area contributed by atoms with Gasteiger partial charge < -0.3 is 4.74 Å². The molecule has 7 heteroatoms. The monoisotopic (exact) mass is 567 g/mol. The zero-order valence-electron chi connectivity index (χ0n) is 18.5. The first-order valence-electron chi connectivity index (χ1n) is 11.9. The van der Waals surface area contributed by atoms with Crippen molar-refractivity contribution in [3.63, 3.8) is 0 Å². The number of hydrogen-bond donors (Lipinski definition) is 0. The molecule has 0 N–H and O–H groups in total. The van der Waals surface area contributed by atoms with Gasteiger partial charge in [0.05, 0.1) is 17.5 Å². The molecule has 2 saturated carbocycles. The summed E-state index contributed by atoms with van der Waals surface area (Å²) in [6.45, 7) is 2.20. The number of carbonyl (C=O) groups excluding carboxylic acids is 3. The Morgan fingerprint density at radius 3 is 2.00 bits per heavy atom. The summed E-state index contributed by atoms with van der Waals surface area (Å²) in [6.07, 6.45) is 9.40. The maximum atomic E-state index is 13.1. The van der Waals surface area contributed by atoms with Crippen LogP contribution in [0.2, 0.25) is 0 Å². The first-order valence-corrected chi connectivity index (χ1v) is 13.7. The van der Waals surface area contributed by atoms with Gasteiger partial charge in [0, 0.05) is 16.1 Å². The molecule has 2 aliphatic carbocycles. The molecule has 6 atom stereocenters. The second-order valence-corrected chi connectivity index (χ2v) is 11.5. The smallest absolute Gasteiger partial charge is 0.311 e. The van der Waals surface area contributed by atoms with Gasteiger partial charge in [0.2, 0.25) is 11.8 Å². The molecule has 5 nitrogen and oxygen atoms in total. The third-order valence-electron chi connectivity index (χ3n) is 7.30. The average Bonchev–Trinajstić information content (AvgIpc) is 3.39. The number of amides is 2. The number of halogens is 2. The molecular formula is C25H31Br2NO4. The lowest BCUT2D eigenvalue weighted by Gasteiger charge is -2.28. The lowest BCUT2D eigenvalue weighted by atomic mass is 9.81. The Hall–Kier alpha value is -1.21. The summed E-state index contributed by atoms with van der Waals surface area (Å²) in [5, 5.41) is 0. The Labute approximate surface area is 206 Å². The highest BCUT2D eigenvalue weighted by Crippen LogP contribution is 2.60. The van der Waals surface area contributed by atoms with E-state index in [0.717, 1.165) is 25.7 Å². The van der Waals surface area contributed by atoms with E-state index in [2.05, 4.69) is 38.8 Å². The van der Waals surface area contributed by atoms with Gasteiger partial charge in [-0.05, 0) is 48.9 Å². The van der Waals surface area contributed by atoms with E-state index in [1.165, 1.54) is 30.6 Å². The molecule has 1 heterocycles. The van der Waals surface area contributed by atoms with Crippen molar-refractivity contribution in [2.45, 2.75) is 74.4 Å². The van der Waals surface area contributed by atoms with Crippen LogP contribution in [0.4, 0.5) is 5.69 Å². The number of imide groups is 1. The van der Waals surface area contributed by atoms with Crippen LogP contribution in [0.3, 0.4) is 0 Å². The van der Waals surface area contributed by atoms with Gasteiger partial charge in [-0.2, -0.15) is 0 Å². The van der Waals surface area contributed by atoms with Crippen LogP contribution in [0.1, 0.15) is 64.7 Å². The minimum Gasteiger partial charge on any atom is -0.427 e. The number of anilines is 1. The number of benzene rings is 1. The molecule has 0 unspecified atom stereocenters. The lowest BCUT2D eigenvalue weighted by molar-refractivity contribution is -0.134. The Kier molecular flexibility index (Phi) is 7.76. The predicted molar refractivity (Wildman–Crippen MR) is 131 cm³/mol. The molecule has 1 saturated heterocycles. The number of esters is 1. The van der Waals surface area contributed by atoms with Crippen molar-refractivity contribution in [2.75, 3.05) is 4.90 Å². The van der Waals surface area contributed by atoms with Crippen LogP contribution < -0.4 is 9.64 Å². The minimum absolute atomic E-state index is 0.0972. The molecule has 2 amide bonds. The van der Waals surface area contributed by atoms with Crippen LogP contribution in [0.15, 0.2) is 24.3 Å². The van der Waals surface area contributed by atoms with Crippen molar-refractivity contribution in [1.82, 2.24) is 0 Å². The molecule has 1 aromatic rings. The zero-order chi connectivity index (χ0) is 22.8. The third kappa shape index (κ3) is 4.56. The van der Waals surface area contributed by atoms with Crippen molar-refractivity contribution in [1.29, 1.82) is 0 Å². The highest BCUT2D eigenvalue weighted by Gasteiger charge is 2.66. The summed E-state index contributed by atoms with van der Waals surface area (Å²) >= 11 is 7.42. The summed E-state index contributed by atoms with van der Waals surface area (Å²) in [4.78, 5) is 40.1. The summed E-state index contributed by atoms with van der Waals surface area (Å²) < 4.78 is 5.44. The number of rotatable bonds is 10. The largest absolute Gasteiger partial charge is 0.427 e. The Balaban J connectivity index is 1.29. The van der Waals surface area contributed by atoms with Crippen molar-refractivity contribution >= 4 is 55.3 Å². The summed E-state index contributed by atoms with van der Waals surface area (Å²) in [5.41, 5.74) is 0.554. The summed E-state index contributed by atoms with van der Waals surface area (Å²) in [7, 11) is 0. The second-order valence-electron chi connectivity index (χ2n) is 9.36. The van der Waals surface area contributed by atoms with Gasteiger partial charge in [-0.3, -0.25) is 19.3 Å². The SMILES string of the molecule is CCCCCCCCCC(=O)Oc1ccc(N2C(=O)[C@@H]3[C@@H]4C[C@H]([C@H](Br)[C@@H]4Br)[C@@H]3C2=O)cc1. The molecule has 1 aliphatic heterocycles. The molecule has 174 valence electrons. The quantitative estimate of drug-likeness (QED) is 0.114. The Bertz CT molecular complexity index is 826. The van der Waals surface area contributed by atoms with Gasteiger partial charge in [0.15, 0.2) is 0 Å². The first kappa shape index (κ1) is 23.9. The van der Waals surface area contributed by atoms with Crippen LogP contribution in [0.25, 0.3) is 0 Å². The van der Waals surface area contributed by atoms with E-state index < -0.39 is 0 Å². The van der Waals surface area contributed by atoms with E-state index in [1.54, 1.807) is 24.3 Å². The molecule has 0 radical (unpaired) electrons. The van der Waals surface area contributed by atoms with Crippen LogP contribution in [0, 0.1) is 23.7 Å². The number of unbranched alkanes of at least 4 members (excludes halogenated alkanes) is 6. The second kappa shape index (κ2) is 10.4.